The van der Waals surface area contributed by atoms with Crippen molar-refractivity contribution < 1.29 is 13.9 Å². The highest BCUT2D eigenvalue weighted by molar-refractivity contribution is 9.10. The minimum Gasteiger partial charge on any atom is -0.464 e. The predicted molar refractivity (Wildman–Crippen MR) is 76.9 cm³/mol. The number of benzene rings is 1. The van der Waals surface area contributed by atoms with Gasteiger partial charge in [-0.15, -0.1) is 0 Å². The van der Waals surface area contributed by atoms with E-state index in [-0.39, 0.29) is 11.8 Å². The Morgan fingerprint density at radius 2 is 2.45 bits per heavy atom. The molecule has 0 unspecified atom stereocenters. The van der Waals surface area contributed by atoms with E-state index in [1.165, 1.54) is 12.4 Å². The molecule has 104 valence electrons. The number of halogens is 1. The Labute approximate surface area is 124 Å². The Bertz CT molecular complexity index is 625. The standard InChI is InChI=1S/C13H12BrN3O3/c1-2-19-11-8-15-13(20-11)12(18)17-16-7-9-4-3-5-10(14)6-9/h3-8H,2H2,1H3,(H,17,18). The first-order valence-electron chi connectivity index (χ1n) is 5.86. The van der Waals surface area contributed by atoms with Crippen LogP contribution in [0.15, 0.2) is 44.5 Å². The summed E-state index contributed by atoms with van der Waals surface area (Å²) in [5, 5.41) is 3.83. The zero-order valence-electron chi connectivity index (χ0n) is 10.7. The number of carbonyl (C=O) groups excluding carboxylic acids is 1. The number of amides is 1. The summed E-state index contributed by atoms with van der Waals surface area (Å²) >= 11 is 3.35. The minimum atomic E-state index is -0.540. The van der Waals surface area contributed by atoms with Gasteiger partial charge in [-0.25, -0.2) is 10.4 Å². The zero-order valence-corrected chi connectivity index (χ0v) is 12.3. The number of aromatic nitrogens is 1. The summed E-state index contributed by atoms with van der Waals surface area (Å²) in [5.41, 5.74) is 3.17. The molecule has 7 heteroatoms. The van der Waals surface area contributed by atoms with Crippen molar-refractivity contribution in [2.45, 2.75) is 6.92 Å². The van der Waals surface area contributed by atoms with E-state index < -0.39 is 5.91 Å². The van der Waals surface area contributed by atoms with E-state index in [0.29, 0.717) is 6.61 Å². The molecule has 1 aromatic carbocycles. The molecule has 0 saturated carbocycles. The van der Waals surface area contributed by atoms with E-state index in [9.17, 15) is 4.79 Å². The number of oxazole rings is 1. The summed E-state index contributed by atoms with van der Waals surface area (Å²) in [6.45, 7) is 2.25. The van der Waals surface area contributed by atoms with Crippen LogP contribution < -0.4 is 10.2 Å². The van der Waals surface area contributed by atoms with Crippen molar-refractivity contribution in [3.8, 4) is 5.95 Å². The Morgan fingerprint density at radius 3 is 3.20 bits per heavy atom. The molecule has 0 atom stereocenters. The summed E-state index contributed by atoms with van der Waals surface area (Å²) in [5.74, 6) is -0.435. The number of ether oxygens (including phenoxy) is 1. The fourth-order valence-electron chi connectivity index (χ4n) is 1.37. The van der Waals surface area contributed by atoms with Gasteiger partial charge in [-0.3, -0.25) is 4.79 Å². The van der Waals surface area contributed by atoms with Crippen LogP contribution in [0.2, 0.25) is 0 Å². The number of hydrogen-bond acceptors (Lipinski definition) is 5. The topological polar surface area (TPSA) is 76.7 Å². The molecule has 1 aromatic heterocycles. The van der Waals surface area contributed by atoms with Gasteiger partial charge < -0.3 is 9.15 Å². The van der Waals surface area contributed by atoms with Crippen LogP contribution >= 0.6 is 15.9 Å². The van der Waals surface area contributed by atoms with Crippen molar-refractivity contribution in [2.75, 3.05) is 6.61 Å². The highest BCUT2D eigenvalue weighted by Gasteiger charge is 2.12. The van der Waals surface area contributed by atoms with Crippen LogP contribution in [0.25, 0.3) is 0 Å². The van der Waals surface area contributed by atoms with Crippen molar-refractivity contribution in [3.63, 3.8) is 0 Å². The van der Waals surface area contributed by atoms with Gasteiger partial charge in [0.2, 0.25) is 0 Å². The Morgan fingerprint density at radius 1 is 1.60 bits per heavy atom. The minimum absolute atomic E-state index is 0.0974. The normalized spacial score (nSPS) is 10.7. The van der Waals surface area contributed by atoms with Crippen LogP contribution in [0.1, 0.15) is 23.2 Å². The Balaban J connectivity index is 1.94. The quantitative estimate of drug-likeness (QED) is 0.672. The molecule has 0 spiro atoms. The molecule has 0 saturated heterocycles. The van der Waals surface area contributed by atoms with Crippen molar-refractivity contribution >= 4 is 28.1 Å². The Kier molecular flexibility index (Phi) is 4.89. The lowest BCUT2D eigenvalue weighted by molar-refractivity contribution is 0.0912. The third-order valence-corrected chi connectivity index (χ3v) is 2.69. The molecule has 0 bridgehead atoms. The second kappa shape index (κ2) is 6.85. The van der Waals surface area contributed by atoms with E-state index in [1.807, 2.05) is 31.2 Å². The van der Waals surface area contributed by atoms with Crippen molar-refractivity contribution in [1.29, 1.82) is 0 Å². The number of nitrogens with one attached hydrogen (secondary N) is 1. The molecule has 0 fully saturated rings. The van der Waals surface area contributed by atoms with Gasteiger partial charge in [0.1, 0.15) is 6.20 Å². The van der Waals surface area contributed by atoms with Crippen LogP contribution in [0.5, 0.6) is 5.95 Å². The molecule has 2 rings (SSSR count). The van der Waals surface area contributed by atoms with Gasteiger partial charge in [0, 0.05) is 4.47 Å². The van der Waals surface area contributed by atoms with Gasteiger partial charge in [0.05, 0.1) is 12.8 Å². The molecule has 1 N–H and O–H groups in total. The summed E-state index contributed by atoms with van der Waals surface area (Å²) in [4.78, 5) is 15.5. The molecular weight excluding hydrogens is 326 g/mol. The van der Waals surface area contributed by atoms with Crippen LogP contribution in [0.3, 0.4) is 0 Å². The second-order valence-corrected chi connectivity index (χ2v) is 4.59. The van der Waals surface area contributed by atoms with Crippen molar-refractivity contribution in [1.82, 2.24) is 10.4 Å². The van der Waals surface area contributed by atoms with Gasteiger partial charge >= 0.3 is 11.9 Å². The monoisotopic (exact) mass is 337 g/mol. The number of rotatable bonds is 5. The van der Waals surface area contributed by atoms with E-state index in [4.69, 9.17) is 9.15 Å². The predicted octanol–water partition coefficient (Wildman–Crippen LogP) is 2.60. The number of hydrazone groups is 1. The van der Waals surface area contributed by atoms with Gasteiger partial charge in [0.15, 0.2) is 0 Å². The van der Waals surface area contributed by atoms with Gasteiger partial charge in [0.25, 0.3) is 5.89 Å². The average Bonchev–Trinajstić information content (AvgIpc) is 2.88. The molecular formula is C13H12BrN3O3. The Hall–Kier alpha value is -2.15. The van der Waals surface area contributed by atoms with Crippen LogP contribution in [0.4, 0.5) is 0 Å². The molecule has 0 aliphatic rings. The first kappa shape index (κ1) is 14.3. The van der Waals surface area contributed by atoms with E-state index >= 15 is 0 Å². The second-order valence-electron chi connectivity index (χ2n) is 3.67. The summed E-state index contributed by atoms with van der Waals surface area (Å²) in [6.07, 6.45) is 2.87. The van der Waals surface area contributed by atoms with Crippen molar-refractivity contribution in [2.24, 2.45) is 5.10 Å². The largest absolute Gasteiger partial charge is 0.464 e. The third kappa shape index (κ3) is 3.92. The SMILES string of the molecule is CCOc1cnc(C(=O)NN=Cc2cccc(Br)c2)o1. The van der Waals surface area contributed by atoms with Crippen LogP contribution in [-0.4, -0.2) is 23.7 Å². The van der Waals surface area contributed by atoms with E-state index in [0.717, 1.165) is 10.0 Å². The molecule has 2 aromatic rings. The first-order chi connectivity index (χ1) is 9.69. The molecule has 1 heterocycles. The summed E-state index contributed by atoms with van der Waals surface area (Å²) < 4.78 is 11.1. The van der Waals surface area contributed by atoms with Crippen molar-refractivity contribution in [3.05, 3.63) is 46.4 Å². The zero-order chi connectivity index (χ0) is 14.4. The van der Waals surface area contributed by atoms with Crippen LogP contribution in [-0.2, 0) is 0 Å². The van der Waals surface area contributed by atoms with Gasteiger partial charge in [-0.1, -0.05) is 28.1 Å². The molecule has 0 aliphatic heterocycles. The average molecular weight is 338 g/mol. The number of hydrogen-bond donors (Lipinski definition) is 1. The molecule has 0 radical (unpaired) electrons. The maximum Gasteiger partial charge on any atom is 0.327 e. The molecule has 0 aliphatic carbocycles. The van der Waals surface area contributed by atoms with Gasteiger partial charge in [-0.2, -0.15) is 5.10 Å². The fraction of sp³-hybridized carbons (Fsp3) is 0.154. The van der Waals surface area contributed by atoms with E-state index in [1.54, 1.807) is 0 Å². The number of carbonyl (C=O) groups is 1. The lowest BCUT2D eigenvalue weighted by Gasteiger charge is -1.96. The molecule has 1 amide bonds. The smallest absolute Gasteiger partial charge is 0.327 e. The molecule has 6 nitrogen and oxygen atoms in total. The lowest BCUT2D eigenvalue weighted by atomic mass is 10.2. The first-order valence-corrected chi connectivity index (χ1v) is 6.66. The van der Waals surface area contributed by atoms with E-state index in [2.05, 4.69) is 31.4 Å². The summed E-state index contributed by atoms with van der Waals surface area (Å²) in [6, 6.07) is 7.50. The van der Waals surface area contributed by atoms with Crippen LogP contribution in [0, 0.1) is 0 Å². The third-order valence-electron chi connectivity index (χ3n) is 2.19. The fourth-order valence-corrected chi connectivity index (χ4v) is 1.79. The lowest BCUT2D eigenvalue weighted by Crippen LogP contribution is -2.17. The molecule has 20 heavy (non-hydrogen) atoms. The maximum atomic E-state index is 11.7. The highest BCUT2D eigenvalue weighted by Crippen LogP contribution is 2.12. The maximum absolute atomic E-state index is 11.7. The van der Waals surface area contributed by atoms with Gasteiger partial charge in [-0.05, 0) is 24.6 Å². The highest BCUT2D eigenvalue weighted by atomic mass is 79.9. The summed E-state index contributed by atoms with van der Waals surface area (Å²) in [7, 11) is 0. The number of nitrogens with zero attached hydrogens (tertiary/aromatic N) is 2.